The van der Waals surface area contributed by atoms with Crippen LogP contribution in [0.15, 0.2) is 4.99 Å². The fraction of sp³-hybridized carbons (Fsp3) is 0.905. The number of carbonyl (C=O) groups excluding carboxylic acids is 1. The third-order valence-electron chi connectivity index (χ3n) is 5.55. The van der Waals surface area contributed by atoms with E-state index < -0.39 is 0 Å². The summed E-state index contributed by atoms with van der Waals surface area (Å²) in [5.74, 6) is 1.79. The van der Waals surface area contributed by atoms with Gasteiger partial charge in [-0.25, -0.2) is 0 Å². The summed E-state index contributed by atoms with van der Waals surface area (Å²) < 4.78 is 4.97. The van der Waals surface area contributed by atoms with Gasteiger partial charge in [-0.2, -0.15) is 0 Å². The molecule has 0 radical (unpaired) electrons. The molecule has 8 nitrogen and oxygen atoms in total. The van der Waals surface area contributed by atoms with E-state index in [0.29, 0.717) is 31.7 Å². The van der Waals surface area contributed by atoms with E-state index in [9.17, 15) is 4.79 Å². The monoisotopic (exact) mass is 410 g/mol. The van der Waals surface area contributed by atoms with E-state index in [-0.39, 0.29) is 5.91 Å². The van der Waals surface area contributed by atoms with Crippen LogP contribution >= 0.6 is 0 Å². The molecule has 2 saturated heterocycles. The summed E-state index contributed by atoms with van der Waals surface area (Å²) in [6.07, 6.45) is 2.54. The number of rotatable bonds is 10. The van der Waals surface area contributed by atoms with E-state index in [1.165, 1.54) is 25.9 Å². The summed E-state index contributed by atoms with van der Waals surface area (Å²) in [6, 6.07) is 0.572. The van der Waals surface area contributed by atoms with Gasteiger partial charge in [0, 0.05) is 59.0 Å². The van der Waals surface area contributed by atoms with Crippen molar-refractivity contribution in [2.45, 2.75) is 39.7 Å². The average molecular weight is 411 g/mol. The minimum atomic E-state index is 0.0718. The Kier molecular flexibility index (Phi) is 10.7. The molecular weight excluding hydrogens is 368 g/mol. The number of likely N-dealkylation sites (tertiary alicyclic amines) is 1. The lowest BCUT2D eigenvalue weighted by Gasteiger charge is -2.36. The van der Waals surface area contributed by atoms with Crippen LogP contribution < -0.4 is 10.6 Å². The van der Waals surface area contributed by atoms with Gasteiger partial charge >= 0.3 is 0 Å². The molecule has 29 heavy (non-hydrogen) atoms. The second kappa shape index (κ2) is 13.0. The molecule has 0 bridgehead atoms. The van der Waals surface area contributed by atoms with Gasteiger partial charge < -0.3 is 20.3 Å². The number of hydrogen-bond donors (Lipinski definition) is 2. The van der Waals surface area contributed by atoms with Crippen molar-refractivity contribution < 1.29 is 9.53 Å². The van der Waals surface area contributed by atoms with E-state index in [4.69, 9.17) is 9.73 Å². The second-order valence-corrected chi connectivity index (χ2v) is 8.49. The van der Waals surface area contributed by atoms with Crippen molar-refractivity contribution in [2.75, 3.05) is 79.2 Å². The fourth-order valence-electron chi connectivity index (χ4n) is 4.10. The summed E-state index contributed by atoms with van der Waals surface area (Å²) in [5, 5.41) is 6.36. The minimum absolute atomic E-state index is 0.0718. The zero-order chi connectivity index (χ0) is 21.1. The van der Waals surface area contributed by atoms with Gasteiger partial charge in [-0.3, -0.25) is 19.6 Å². The predicted octanol–water partition coefficient (Wildman–Crippen LogP) is 0.453. The first-order valence-electron chi connectivity index (χ1n) is 11.3. The van der Waals surface area contributed by atoms with E-state index in [2.05, 4.69) is 46.1 Å². The van der Waals surface area contributed by atoms with Crippen LogP contribution in [0, 0.1) is 5.92 Å². The normalized spacial score (nSPS) is 21.8. The van der Waals surface area contributed by atoms with E-state index in [1.54, 1.807) is 7.11 Å². The Balaban J connectivity index is 1.80. The molecule has 0 aliphatic carbocycles. The Morgan fingerprint density at radius 1 is 1.17 bits per heavy atom. The van der Waals surface area contributed by atoms with Crippen molar-refractivity contribution in [1.82, 2.24) is 25.3 Å². The number of nitrogens with zero attached hydrogens (tertiary/aromatic N) is 4. The molecule has 2 aliphatic heterocycles. The lowest BCUT2D eigenvalue weighted by atomic mass is 10.2. The topological polar surface area (TPSA) is 72.4 Å². The average Bonchev–Trinajstić information content (AvgIpc) is 3.12. The van der Waals surface area contributed by atoms with Crippen LogP contribution in [-0.4, -0.2) is 112 Å². The van der Waals surface area contributed by atoms with Crippen molar-refractivity contribution >= 4 is 11.9 Å². The number of carbonyl (C=O) groups is 1. The molecule has 2 rings (SSSR count). The summed E-state index contributed by atoms with van der Waals surface area (Å²) in [5.41, 5.74) is 0. The number of nitrogens with one attached hydrogen (secondary N) is 2. The Morgan fingerprint density at radius 2 is 1.93 bits per heavy atom. The smallest absolute Gasteiger partial charge is 0.234 e. The van der Waals surface area contributed by atoms with Gasteiger partial charge in [0.05, 0.1) is 19.7 Å². The number of piperazine rings is 1. The number of hydrogen-bond acceptors (Lipinski definition) is 5. The molecule has 2 heterocycles. The maximum absolute atomic E-state index is 12.0. The molecule has 0 unspecified atom stereocenters. The van der Waals surface area contributed by atoms with Crippen LogP contribution in [0.4, 0.5) is 0 Å². The first-order chi connectivity index (χ1) is 14.0. The zero-order valence-corrected chi connectivity index (χ0v) is 19.0. The Bertz CT molecular complexity index is 505. The number of methoxy groups -OCH3 is 1. The molecule has 1 atom stereocenters. The Labute approximate surface area is 177 Å². The van der Waals surface area contributed by atoms with Gasteiger partial charge in [-0.05, 0) is 32.2 Å². The highest BCUT2D eigenvalue weighted by atomic mass is 16.5. The van der Waals surface area contributed by atoms with E-state index in [1.807, 2.05) is 0 Å². The summed E-state index contributed by atoms with van der Waals surface area (Å²) >= 11 is 0. The van der Waals surface area contributed by atoms with Gasteiger partial charge in [-0.15, -0.1) is 0 Å². The quantitative estimate of drug-likeness (QED) is 0.310. The van der Waals surface area contributed by atoms with Crippen LogP contribution in [0.2, 0.25) is 0 Å². The maximum atomic E-state index is 12.0. The molecule has 8 heteroatoms. The van der Waals surface area contributed by atoms with Crippen molar-refractivity contribution in [3.8, 4) is 0 Å². The van der Waals surface area contributed by atoms with Crippen LogP contribution in [0.5, 0.6) is 0 Å². The number of guanidine groups is 1. The second-order valence-electron chi connectivity index (χ2n) is 8.49. The summed E-state index contributed by atoms with van der Waals surface area (Å²) in [7, 11) is 1.64. The molecular formula is C21H42N6O2. The fourth-order valence-corrected chi connectivity index (χ4v) is 4.10. The van der Waals surface area contributed by atoms with Crippen molar-refractivity contribution in [1.29, 1.82) is 0 Å². The predicted molar refractivity (Wildman–Crippen MR) is 118 cm³/mol. The van der Waals surface area contributed by atoms with E-state index >= 15 is 0 Å². The first-order valence-corrected chi connectivity index (χ1v) is 11.3. The standard InChI is InChI=1S/C21H42N6O2/c1-5-22-21(24-15-19-7-6-9-27(19)16-18(2)3)26-12-10-25(11-13-26)17-20(28)23-8-14-29-4/h18-19H,5-17H2,1-4H3,(H,22,24)(H,23,28)/t19-/m1/s1. The zero-order valence-electron chi connectivity index (χ0n) is 19.0. The van der Waals surface area contributed by atoms with Crippen LogP contribution in [0.1, 0.15) is 33.6 Å². The highest BCUT2D eigenvalue weighted by Gasteiger charge is 2.26. The minimum Gasteiger partial charge on any atom is -0.383 e. The Morgan fingerprint density at radius 3 is 2.59 bits per heavy atom. The molecule has 0 aromatic carbocycles. The number of aliphatic imine (C=N–C) groups is 1. The van der Waals surface area contributed by atoms with Crippen LogP contribution in [0.25, 0.3) is 0 Å². The molecule has 1 amide bonds. The SMILES string of the molecule is CCNC(=NC[C@H]1CCCN1CC(C)C)N1CCN(CC(=O)NCCOC)CC1. The lowest BCUT2D eigenvalue weighted by Crippen LogP contribution is -2.54. The molecule has 0 spiro atoms. The molecule has 2 aliphatic rings. The third kappa shape index (κ3) is 8.48. The molecule has 168 valence electrons. The number of amides is 1. The molecule has 0 aromatic heterocycles. The van der Waals surface area contributed by atoms with Gasteiger partial charge in [0.25, 0.3) is 0 Å². The highest BCUT2D eigenvalue weighted by molar-refractivity contribution is 5.80. The van der Waals surface area contributed by atoms with E-state index in [0.717, 1.165) is 45.2 Å². The summed E-state index contributed by atoms with van der Waals surface area (Å²) in [4.78, 5) is 24.1. The summed E-state index contributed by atoms with van der Waals surface area (Å²) in [6.45, 7) is 16.0. The van der Waals surface area contributed by atoms with Crippen molar-refractivity contribution in [3.63, 3.8) is 0 Å². The maximum Gasteiger partial charge on any atom is 0.234 e. The van der Waals surface area contributed by atoms with Gasteiger partial charge in [-0.1, -0.05) is 13.8 Å². The molecule has 2 fully saturated rings. The first kappa shape index (κ1) is 23.9. The van der Waals surface area contributed by atoms with Crippen molar-refractivity contribution in [2.24, 2.45) is 10.9 Å². The van der Waals surface area contributed by atoms with Crippen molar-refractivity contribution in [3.05, 3.63) is 0 Å². The largest absolute Gasteiger partial charge is 0.383 e. The molecule has 0 saturated carbocycles. The van der Waals surface area contributed by atoms with Crippen LogP contribution in [-0.2, 0) is 9.53 Å². The van der Waals surface area contributed by atoms with Gasteiger partial charge in [0.1, 0.15) is 0 Å². The molecule has 0 aromatic rings. The third-order valence-corrected chi connectivity index (χ3v) is 5.55. The number of ether oxygens (including phenoxy) is 1. The van der Waals surface area contributed by atoms with Crippen LogP contribution in [0.3, 0.4) is 0 Å². The lowest BCUT2D eigenvalue weighted by molar-refractivity contribution is -0.122. The molecule has 2 N–H and O–H groups in total. The Hall–Kier alpha value is -1.38. The van der Waals surface area contributed by atoms with Gasteiger partial charge in [0.15, 0.2) is 5.96 Å². The highest BCUT2D eigenvalue weighted by Crippen LogP contribution is 2.19. The van der Waals surface area contributed by atoms with Gasteiger partial charge in [0.2, 0.25) is 5.91 Å².